The Bertz CT molecular complexity index is 801. The van der Waals surface area contributed by atoms with Crippen LogP contribution in [0.15, 0.2) is 36.4 Å². The first-order chi connectivity index (χ1) is 12.5. The van der Waals surface area contributed by atoms with Crippen LogP contribution in [0.1, 0.15) is 34.3 Å². The van der Waals surface area contributed by atoms with E-state index in [1.54, 1.807) is 11.0 Å². The van der Waals surface area contributed by atoms with Gasteiger partial charge in [-0.15, -0.1) is 12.4 Å². The summed E-state index contributed by atoms with van der Waals surface area (Å²) in [5.41, 5.74) is 4.33. The lowest BCUT2D eigenvalue weighted by Gasteiger charge is -2.32. The predicted octanol–water partition coefficient (Wildman–Crippen LogP) is 4.60. The van der Waals surface area contributed by atoms with Gasteiger partial charge in [-0.3, -0.25) is 4.79 Å². The summed E-state index contributed by atoms with van der Waals surface area (Å²) in [6.45, 7) is 6.47. The van der Waals surface area contributed by atoms with Gasteiger partial charge in [0.15, 0.2) is 0 Å². The first kappa shape index (κ1) is 21.4. The van der Waals surface area contributed by atoms with E-state index in [-0.39, 0.29) is 23.9 Å². The lowest BCUT2D eigenvalue weighted by Crippen LogP contribution is -2.40. The maximum absolute atomic E-state index is 14.7. The summed E-state index contributed by atoms with van der Waals surface area (Å²) < 4.78 is 14.7. The number of piperidine rings is 1. The maximum Gasteiger partial charge on any atom is 0.256 e. The average Bonchev–Trinajstić information content (AvgIpc) is 2.64. The van der Waals surface area contributed by atoms with Crippen molar-refractivity contribution in [1.82, 2.24) is 10.2 Å². The molecule has 146 valence electrons. The summed E-state index contributed by atoms with van der Waals surface area (Å²) >= 11 is 0. The molecule has 3 nitrogen and oxygen atoms in total. The zero-order valence-corrected chi connectivity index (χ0v) is 17.0. The summed E-state index contributed by atoms with van der Waals surface area (Å²) in [6.07, 6.45) is 1.93. The lowest BCUT2D eigenvalue weighted by atomic mass is 9.95. The largest absolute Gasteiger partial charge is 0.339 e. The second-order valence-corrected chi connectivity index (χ2v) is 7.29. The number of rotatable bonds is 4. The second kappa shape index (κ2) is 9.34. The number of hydrogen-bond acceptors (Lipinski definition) is 2. The topological polar surface area (TPSA) is 32.3 Å². The molecule has 27 heavy (non-hydrogen) atoms. The van der Waals surface area contributed by atoms with Gasteiger partial charge in [0, 0.05) is 13.1 Å². The molecular weight excluding hydrogens is 363 g/mol. The molecule has 1 amide bonds. The van der Waals surface area contributed by atoms with Crippen LogP contribution < -0.4 is 5.32 Å². The van der Waals surface area contributed by atoms with Crippen molar-refractivity contribution in [3.8, 4) is 11.1 Å². The van der Waals surface area contributed by atoms with E-state index < -0.39 is 5.82 Å². The number of carbonyl (C=O) groups excluding carboxylic acids is 1. The minimum atomic E-state index is -0.442. The lowest BCUT2D eigenvalue weighted by molar-refractivity contribution is 0.0686. The highest BCUT2D eigenvalue weighted by atomic mass is 35.5. The minimum absolute atomic E-state index is 0. The van der Waals surface area contributed by atoms with Crippen molar-refractivity contribution >= 4 is 18.3 Å². The molecule has 0 atom stereocenters. The molecule has 1 saturated heterocycles. The molecule has 1 fully saturated rings. The van der Waals surface area contributed by atoms with Gasteiger partial charge in [0.25, 0.3) is 5.91 Å². The fourth-order valence-corrected chi connectivity index (χ4v) is 3.59. The van der Waals surface area contributed by atoms with Gasteiger partial charge in [0.1, 0.15) is 5.82 Å². The van der Waals surface area contributed by atoms with Crippen LogP contribution in [-0.4, -0.2) is 37.5 Å². The van der Waals surface area contributed by atoms with E-state index in [2.05, 4.69) is 18.3 Å². The van der Waals surface area contributed by atoms with Crippen LogP contribution in [0, 0.1) is 25.6 Å². The van der Waals surface area contributed by atoms with Crippen LogP contribution in [0.5, 0.6) is 0 Å². The molecule has 0 saturated carbocycles. The van der Waals surface area contributed by atoms with Gasteiger partial charge in [0.05, 0.1) is 5.56 Å². The number of carbonyl (C=O) groups is 1. The molecule has 3 rings (SSSR count). The molecule has 5 heteroatoms. The molecule has 2 aromatic rings. The summed E-state index contributed by atoms with van der Waals surface area (Å²) in [5, 5.41) is 3.19. The van der Waals surface area contributed by atoms with E-state index in [0.29, 0.717) is 19.0 Å². The highest BCUT2D eigenvalue weighted by Gasteiger charge is 2.25. The van der Waals surface area contributed by atoms with Crippen LogP contribution in [0.3, 0.4) is 0 Å². The van der Waals surface area contributed by atoms with Crippen LogP contribution >= 0.6 is 12.4 Å². The Morgan fingerprint density at radius 2 is 1.70 bits per heavy atom. The minimum Gasteiger partial charge on any atom is -0.339 e. The van der Waals surface area contributed by atoms with Gasteiger partial charge in [-0.05, 0) is 80.6 Å². The van der Waals surface area contributed by atoms with E-state index in [1.807, 2.05) is 32.2 Å². The standard InChI is InChI=1S/C22H27FN2O.ClH/c1-15-4-5-18(12-16(15)2)19-6-7-20(21(23)13-19)22(26)25-10-8-17(9-11-25)14-24-3;/h4-7,12-13,17,24H,8-11,14H2,1-3H3;1H. The number of amides is 1. The third-order valence-corrected chi connectivity index (χ3v) is 5.43. The Labute approximate surface area is 167 Å². The van der Waals surface area contributed by atoms with Crippen LogP contribution in [0.25, 0.3) is 11.1 Å². The predicted molar refractivity (Wildman–Crippen MR) is 111 cm³/mol. The van der Waals surface area contributed by atoms with Gasteiger partial charge in [-0.1, -0.05) is 24.3 Å². The van der Waals surface area contributed by atoms with Crippen molar-refractivity contribution in [2.24, 2.45) is 5.92 Å². The molecule has 2 aromatic carbocycles. The molecule has 0 unspecified atom stereocenters. The van der Waals surface area contributed by atoms with Gasteiger partial charge in [-0.25, -0.2) is 4.39 Å². The highest BCUT2D eigenvalue weighted by molar-refractivity contribution is 5.95. The zero-order valence-electron chi connectivity index (χ0n) is 16.2. The summed E-state index contributed by atoms with van der Waals surface area (Å²) in [4.78, 5) is 14.5. The first-order valence-electron chi connectivity index (χ1n) is 9.30. The number of likely N-dealkylation sites (tertiary alicyclic amines) is 1. The molecule has 1 aliphatic heterocycles. The van der Waals surface area contributed by atoms with Crippen molar-refractivity contribution in [3.05, 3.63) is 58.9 Å². The first-order valence-corrected chi connectivity index (χ1v) is 9.30. The number of aryl methyl sites for hydroxylation is 2. The summed E-state index contributed by atoms with van der Waals surface area (Å²) in [7, 11) is 1.95. The van der Waals surface area contributed by atoms with Crippen molar-refractivity contribution < 1.29 is 9.18 Å². The molecule has 1 N–H and O–H groups in total. The van der Waals surface area contributed by atoms with Crippen LogP contribution in [0.2, 0.25) is 0 Å². The van der Waals surface area contributed by atoms with E-state index in [1.165, 1.54) is 17.2 Å². The van der Waals surface area contributed by atoms with Gasteiger partial charge in [0.2, 0.25) is 0 Å². The maximum atomic E-state index is 14.7. The summed E-state index contributed by atoms with van der Waals surface area (Å²) in [5.74, 6) is -0.0406. The molecule has 1 aliphatic rings. The fourth-order valence-electron chi connectivity index (χ4n) is 3.59. The number of halogens is 2. The van der Waals surface area contributed by atoms with Crippen molar-refractivity contribution in [1.29, 1.82) is 0 Å². The van der Waals surface area contributed by atoms with Crippen molar-refractivity contribution in [2.75, 3.05) is 26.7 Å². The number of nitrogens with zero attached hydrogens (tertiary/aromatic N) is 1. The third-order valence-electron chi connectivity index (χ3n) is 5.43. The third kappa shape index (κ3) is 4.88. The van der Waals surface area contributed by atoms with E-state index in [0.717, 1.165) is 30.5 Å². The fraction of sp³-hybridized carbons (Fsp3) is 0.409. The molecule has 1 heterocycles. The van der Waals surface area contributed by atoms with Crippen LogP contribution in [-0.2, 0) is 0 Å². The van der Waals surface area contributed by atoms with Crippen molar-refractivity contribution in [2.45, 2.75) is 26.7 Å². The molecule has 0 radical (unpaired) electrons. The Morgan fingerprint density at radius 3 is 2.30 bits per heavy atom. The quantitative estimate of drug-likeness (QED) is 0.827. The molecule has 0 bridgehead atoms. The Morgan fingerprint density at radius 1 is 1.07 bits per heavy atom. The van der Waals surface area contributed by atoms with Gasteiger partial charge < -0.3 is 10.2 Å². The monoisotopic (exact) mass is 390 g/mol. The highest BCUT2D eigenvalue weighted by Crippen LogP contribution is 2.26. The van der Waals surface area contributed by atoms with Crippen molar-refractivity contribution in [3.63, 3.8) is 0 Å². The van der Waals surface area contributed by atoms with Gasteiger partial charge in [-0.2, -0.15) is 0 Å². The Kier molecular flexibility index (Phi) is 7.40. The molecular formula is C22H28ClFN2O. The number of hydrogen-bond donors (Lipinski definition) is 1. The Hall–Kier alpha value is -1.91. The average molecular weight is 391 g/mol. The van der Waals surface area contributed by atoms with E-state index in [9.17, 15) is 9.18 Å². The molecule has 0 aliphatic carbocycles. The SMILES string of the molecule is CNCC1CCN(C(=O)c2ccc(-c3ccc(C)c(C)c3)cc2F)CC1.Cl. The van der Waals surface area contributed by atoms with E-state index >= 15 is 0 Å². The second-order valence-electron chi connectivity index (χ2n) is 7.29. The normalized spacial score (nSPS) is 14.7. The molecule has 0 aromatic heterocycles. The molecule has 0 spiro atoms. The Balaban J connectivity index is 0.00000261. The van der Waals surface area contributed by atoms with Gasteiger partial charge >= 0.3 is 0 Å². The summed E-state index contributed by atoms with van der Waals surface area (Å²) in [6, 6.07) is 11.0. The number of nitrogens with one attached hydrogen (secondary N) is 1. The van der Waals surface area contributed by atoms with E-state index in [4.69, 9.17) is 0 Å². The van der Waals surface area contributed by atoms with Crippen LogP contribution in [0.4, 0.5) is 4.39 Å². The number of benzene rings is 2. The zero-order chi connectivity index (χ0) is 18.7. The smallest absolute Gasteiger partial charge is 0.256 e.